The molecular formula is C15H15BrFN3O. The van der Waals surface area contributed by atoms with Crippen LogP contribution in [0, 0.1) is 5.82 Å². The van der Waals surface area contributed by atoms with Gasteiger partial charge in [-0.2, -0.15) is 0 Å². The first-order chi connectivity index (χ1) is 10.1. The molecule has 0 bridgehead atoms. The van der Waals surface area contributed by atoms with Crippen LogP contribution < -0.4 is 10.6 Å². The summed E-state index contributed by atoms with van der Waals surface area (Å²) in [6.07, 6.45) is 0. The van der Waals surface area contributed by atoms with E-state index in [1.54, 1.807) is 18.2 Å². The quantitative estimate of drug-likeness (QED) is 0.380. The fraction of sp³-hybridized carbons (Fsp3) is 0.133. The molecule has 2 rings (SSSR count). The molecule has 0 aliphatic carbocycles. The Kier molecular flexibility index (Phi) is 4.80. The Balaban J connectivity index is 2.59. The normalized spacial score (nSPS) is 11.5. The van der Waals surface area contributed by atoms with Crippen LogP contribution in [0.5, 0.6) is 0 Å². The third-order valence-corrected chi connectivity index (χ3v) is 3.56. The van der Waals surface area contributed by atoms with Crippen molar-refractivity contribution in [2.75, 3.05) is 11.4 Å². The first-order valence-electron chi connectivity index (χ1n) is 6.37. The van der Waals surface area contributed by atoms with E-state index in [0.717, 1.165) is 10.2 Å². The van der Waals surface area contributed by atoms with Crippen molar-refractivity contribution in [2.45, 2.75) is 6.92 Å². The second kappa shape index (κ2) is 6.58. The molecule has 0 atom stereocenters. The third kappa shape index (κ3) is 3.33. The summed E-state index contributed by atoms with van der Waals surface area (Å²) in [5.41, 5.74) is 7.73. The number of anilines is 2. The predicted octanol–water partition coefficient (Wildman–Crippen LogP) is 3.84. The molecule has 0 heterocycles. The molecule has 2 aromatic rings. The highest BCUT2D eigenvalue weighted by Gasteiger charge is 2.15. The lowest BCUT2D eigenvalue weighted by Gasteiger charge is -2.26. The molecular weight excluding hydrogens is 337 g/mol. The number of hydrogen-bond donors (Lipinski definition) is 2. The van der Waals surface area contributed by atoms with Gasteiger partial charge in [-0.25, -0.2) is 4.39 Å². The minimum absolute atomic E-state index is 0.00681. The summed E-state index contributed by atoms with van der Waals surface area (Å²) in [5, 5.41) is 12.0. The maximum absolute atomic E-state index is 13.5. The average molecular weight is 352 g/mol. The van der Waals surface area contributed by atoms with Gasteiger partial charge in [-0.1, -0.05) is 27.2 Å². The number of benzene rings is 2. The molecule has 0 aliphatic rings. The van der Waals surface area contributed by atoms with Gasteiger partial charge >= 0.3 is 0 Å². The van der Waals surface area contributed by atoms with Crippen LogP contribution in [0.1, 0.15) is 12.5 Å². The van der Waals surface area contributed by atoms with Crippen molar-refractivity contribution in [1.82, 2.24) is 0 Å². The fourth-order valence-electron chi connectivity index (χ4n) is 2.13. The molecule has 0 aromatic heterocycles. The van der Waals surface area contributed by atoms with Gasteiger partial charge in [-0.3, -0.25) is 0 Å². The molecule has 21 heavy (non-hydrogen) atoms. The maximum Gasteiger partial charge on any atom is 0.172 e. The van der Waals surface area contributed by atoms with Gasteiger partial charge in [0.15, 0.2) is 5.84 Å². The van der Waals surface area contributed by atoms with E-state index < -0.39 is 0 Å². The van der Waals surface area contributed by atoms with Crippen LogP contribution in [0.2, 0.25) is 0 Å². The number of nitrogens with zero attached hydrogens (tertiary/aromatic N) is 2. The van der Waals surface area contributed by atoms with Crippen molar-refractivity contribution in [3.05, 3.63) is 58.3 Å². The Labute approximate surface area is 130 Å². The molecule has 0 amide bonds. The van der Waals surface area contributed by atoms with Crippen molar-refractivity contribution in [1.29, 1.82) is 0 Å². The van der Waals surface area contributed by atoms with E-state index in [0.29, 0.717) is 17.8 Å². The zero-order valence-corrected chi connectivity index (χ0v) is 13.0. The van der Waals surface area contributed by atoms with Gasteiger partial charge in [0.05, 0.1) is 5.69 Å². The van der Waals surface area contributed by atoms with Crippen LogP contribution in [0.15, 0.2) is 52.1 Å². The molecule has 0 saturated heterocycles. The van der Waals surface area contributed by atoms with E-state index in [4.69, 9.17) is 10.9 Å². The summed E-state index contributed by atoms with van der Waals surface area (Å²) in [4.78, 5) is 1.89. The van der Waals surface area contributed by atoms with Crippen LogP contribution in [-0.2, 0) is 0 Å². The smallest absolute Gasteiger partial charge is 0.172 e. The van der Waals surface area contributed by atoms with E-state index in [1.165, 1.54) is 12.1 Å². The molecule has 2 aromatic carbocycles. The number of oxime groups is 1. The molecule has 4 nitrogen and oxygen atoms in total. The molecule has 0 aliphatic heterocycles. The SMILES string of the molecule is CCN(c1cccc(F)c1)c1cc(Br)ccc1/C(N)=N/O. The van der Waals surface area contributed by atoms with E-state index in [1.807, 2.05) is 24.0 Å². The molecule has 0 radical (unpaired) electrons. The lowest BCUT2D eigenvalue weighted by atomic mass is 10.1. The molecule has 0 saturated carbocycles. The second-order valence-corrected chi connectivity index (χ2v) is 5.29. The predicted molar refractivity (Wildman–Crippen MR) is 85.7 cm³/mol. The summed E-state index contributed by atoms with van der Waals surface area (Å²) in [5.74, 6) is -0.307. The van der Waals surface area contributed by atoms with Gasteiger partial charge in [-0.05, 0) is 43.3 Å². The fourth-order valence-corrected chi connectivity index (χ4v) is 2.48. The van der Waals surface area contributed by atoms with Gasteiger partial charge in [-0.15, -0.1) is 0 Å². The lowest BCUT2D eigenvalue weighted by molar-refractivity contribution is 0.318. The summed E-state index contributed by atoms with van der Waals surface area (Å²) in [7, 11) is 0. The van der Waals surface area contributed by atoms with Gasteiger partial charge in [0.2, 0.25) is 0 Å². The standard InChI is InChI=1S/C15H15BrFN3O/c1-2-20(12-5-3-4-11(17)9-12)14-8-10(16)6-7-13(14)15(18)19-21/h3-9,21H,2H2,1H3,(H2,18,19). The van der Waals surface area contributed by atoms with E-state index in [-0.39, 0.29) is 11.7 Å². The number of rotatable bonds is 4. The Bertz CT molecular complexity index is 676. The topological polar surface area (TPSA) is 61.8 Å². The highest BCUT2D eigenvalue weighted by molar-refractivity contribution is 9.10. The highest BCUT2D eigenvalue weighted by Crippen LogP contribution is 2.31. The van der Waals surface area contributed by atoms with E-state index >= 15 is 0 Å². The van der Waals surface area contributed by atoms with Crippen molar-refractivity contribution in [2.24, 2.45) is 10.9 Å². The number of hydrogen-bond acceptors (Lipinski definition) is 3. The molecule has 6 heteroatoms. The van der Waals surface area contributed by atoms with E-state index in [9.17, 15) is 4.39 Å². The number of amidine groups is 1. The Morgan fingerprint density at radius 3 is 2.71 bits per heavy atom. The summed E-state index contributed by atoms with van der Waals surface area (Å²) >= 11 is 3.41. The van der Waals surface area contributed by atoms with Crippen LogP contribution in [0.4, 0.5) is 15.8 Å². The third-order valence-electron chi connectivity index (χ3n) is 3.07. The molecule has 110 valence electrons. The monoisotopic (exact) mass is 351 g/mol. The maximum atomic E-state index is 13.5. The highest BCUT2D eigenvalue weighted by atomic mass is 79.9. The molecule has 0 spiro atoms. The van der Waals surface area contributed by atoms with Crippen molar-refractivity contribution in [3.63, 3.8) is 0 Å². The van der Waals surface area contributed by atoms with Crippen LogP contribution in [0.25, 0.3) is 0 Å². The van der Waals surface area contributed by atoms with Gasteiger partial charge in [0.25, 0.3) is 0 Å². The zero-order valence-electron chi connectivity index (χ0n) is 11.4. The summed E-state index contributed by atoms with van der Waals surface area (Å²) in [6, 6.07) is 11.7. The molecule has 0 fully saturated rings. The molecule has 3 N–H and O–H groups in total. The second-order valence-electron chi connectivity index (χ2n) is 4.37. The minimum atomic E-state index is -0.314. The lowest BCUT2D eigenvalue weighted by Crippen LogP contribution is -2.22. The van der Waals surface area contributed by atoms with Gasteiger partial charge in [0, 0.05) is 22.3 Å². The Morgan fingerprint density at radius 1 is 1.33 bits per heavy atom. The van der Waals surface area contributed by atoms with Crippen LogP contribution >= 0.6 is 15.9 Å². The Morgan fingerprint density at radius 2 is 2.10 bits per heavy atom. The largest absolute Gasteiger partial charge is 0.409 e. The minimum Gasteiger partial charge on any atom is -0.409 e. The first-order valence-corrected chi connectivity index (χ1v) is 7.16. The Hall–Kier alpha value is -2.08. The van der Waals surface area contributed by atoms with Crippen molar-refractivity contribution >= 4 is 33.1 Å². The zero-order chi connectivity index (χ0) is 15.4. The number of halogens is 2. The first kappa shape index (κ1) is 15.3. The average Bonchev–Trinajstić information content (AvgIpc) is 2.47. The van der Waals surface area contributed by atoms with E-state index in [2.05, 4.69) is 21.1 Å². The van der Waals surface area contributed by atoms with Crippen LogP contribution in [0.3, 0.4) is 0 Å². The van der Waals surface area contributed by atoms with Crippen molar-refractivity contribution < 1.29 is 9.60 Å². The van der Waals surface area contributed by atoms with Crippen molar-refractivity contribution in [3.8, 4) is 0 Å². The molecule has 0 unspecified atom stereocenters. The van der Waals surface area contributed by atoms with Gasteiger partial charge in [0.1, 0.15) is 5.82 Å². The van der Waals surface area contributed by atoms with Gasteiger partial charge < -0.3 is 15.8 Å². The summed E-state index contributed by atoms with van der Waals surface area (Å²) in [6.45, 7) is 2.55. The van der Waals surface area contributed by atoms with Crippen LogP contribution in [-0.4, -0.2) is 17.6 Å². The summed E-state index contributed by atoms with van der Waals surface area (Å²) < 4.78 is 14.3. The number of nitrogens with two attached hydrogens (primary N) is 1.